The van der Waals surface area contributed by atoms with Crippen molar-refractivity contribution in [3.8, 4) is 0 Å². The highest BCUT2D eigenvalue weighted by Gasteiger charge is 1.93. The Morgan fingerprint density at radius 1 is 1.75 bits per heavy atom. The van der Waals surface area contributed by atoms with Gasteiger partial charge in [0.1, 0.15) is 0 Å². The molecule has 0 fully saturated rings. The van der Waals surface area contributed by atoms with Gasteiger partial charge < -0.3 is 5.32 Å². The van der Waals surface area contributed by atoms with E-state index in [4.69, 9.17) is 5.73 Å². The lowest BCUT2D eigenvalue weighted by atomic mass is 10.2. The van der Waals surface area contributed by atoms with Crippen molar-refractivity contribution in [2.45, 2.75) is 13.8 Å². The molecule has 0 aromatic heterocycles. The molecule has 0 spiro atoms. The van der Waals surface area contributed by atoms with Crippen LogP contribution < -0.4 is 11.1 Å². The summed E-state index contributed by atoms with van der Waals surface area (Å²) in [6, 6.07) is -0.696. The van der Waals surface area contributed by atoms with Crippen molar-refractivity contribution in [3.05, 3.63) is 0 Å². The van der Waals surface area contributed by atoms with Crippen LogP contribution in [0.25, 0.3) is 0 Å². The molecule has 0 bridgehead atoms. The maximum atomic E-state index is 9.90. The first-order valence-corrected chi connectivity index (χ1v) is 2.62. The Balaban J connectivity index is 3.05. The average molecular weight is 115 g/mol. The van der Waals surface area contributed by atoms with Crippen LogP contribution in [0, 0.1) is 5.92 Å². The maximum absolute atomic E-state index is 9.90. The van der Waals surface area contributed by atoms with Crippen LogP contribution in [0.4, 0.5) is 4.79 Å². The van der Waals surface area contributed by atoms with E-state index in [1.807, 2.05) is 13.8 Å². The molecule has 3 nitrogen and oxygen atoms in total. The van der Waals surface area contributed by atoms with Crippen LogP contribution in [-0.4, -0.2) is 12.6 Å². The van der Waals surface area contributed by atoms with Crippen LogP contribution in [0.5, 0.6) is 0 Å². The zero-order chi connectivity index (χ0) is 6.57. The molecule has 2 N–H and O–H groups in total. The Morgan fingerprint density at radius 3 is 2.38 bits per heavy atom. The van der Waals surface area contributed by atoms with Gasteiger partial charge in [0.15, 0.2) is 0 Å². The number of urea groups is 1. The van der Waals surface area contributed by atoms with Crippen LogP contribution in [0.2, 0.25) is 0 Å². The summed E-state index contributed by atoms with van der Waals surface area (Å²) >= 11 is 0. The predicted molar refractivity (Wildman–Crippen MR) is 31.3 cm³/mol. The first-order chi connectivity index (χ1) is 3.63. The van der Waals surface area contributed by atoms with Gasteiger partial charge in [0.05, 0.1) is 0 Å². The third-order valence-electron chi connectivity index (χ3n) is 0.671. The maximum Gasteiger partial charge on any atom is 0.333 e. The summed E-state index contributed by atoms with van der Waals surface area (Å²) in [5.74, 6) is 0.435. The number of hydrogen-bond acceptors (Lipinski definition) is 1. The van der Waals surface area contributed by atoms with Gasteiger partial charge >= 0.3 is 6.03 Å². The van der Waals surface area contributed by atoms with E-state index < -0.39 is 6.03 Å². The lowest BCUT2D eigenvalue weighted by Gasteiger charge is -2.01. The van der Waals surface area contributed by atoms with Gasteiger partial charge in [-0.05, 0) is 5.92 Å². The average Bonchev–Trinajstić information content (AvgIpc) is 1.61. The molecule has 8 heavy (non-hydrogen) atoms. The molecule has 0 unspecified atom stereocenters. The Morgan fingerprint density at radius 2 is 2.25 bits per heavy atom. The molecule has 0 aromatic carbocycles. The summed E-state index contributed by atoms with van der Waals surface area (Å²) in [6.45, 7) is 4.56. The van der Waals surface area contributed by atoms with Crippen molar-refractivity contribution in [1.29, 1.82) is 0 Å². The molecule has 0 rings (SSSR count). The molecule has 3 heteroatoms. The second-order valence-electron chi connectivity index (χ2n) is 2.10. The molecule has 0 aromatic rings. The monoisotopic (exact) mass is 115 g/mol. The van der Waals surface area contributed by atoms with Crippen molar-refractivity contribution in [2.24, 2.45) is 5.92 Å². The third kappa shape index (κ3) is 5.27. The molecule has 0 aliphatic rings. The molecule has 0 aliphatic carbocycles. The van der Waals surface area contributed by atoms with Gasteiger partial charge in [-0.2, -0.15) is 0 Å². The Hall–Kier alpha value is -0.730. The van der Waals surface area contributed by atoms with Gasteiger partial charge in [0, 0.05) is 6.54 Å². The van der Waals surface area contributed by atoms with E-state index in [-0.39, 0.29) is 0 Å². The number of nitrogens with one attached hydrogen (secondary N) is 2. The number of carbonyl (C=O) groups excluding carboxylic acids is 1. The van der Waals surface area contributed by atoms with E-state index in [1.54, 1.807) is 0 Å². The molecular formula is C5H11N2O. The Bertz CT molecular complexity index is 80.5. The topological polar surface area (TPSA) is 52.9 Å². The van der Waals surface area contributed by atoms with E-state index in [0.717, 1.165) is 0 Å². The minimum absolute atomic E-state index is 0.435. The second kappa shape index (κ2) is 3.29. The van der Waals surface area contributed by atoms with Gasteiger partial charge in [-0.15, -0.1) is 0 Å². The highest BCUT2D eigenvalue weighted by atomic mass is 16.2. The van der Waals surface area contributed by atoms with Crippen molar-refractivity contribution in [1.82, 2.24) is 11.1 Å². The fourth-order valence-corrected chi connectivity index (χ4v) is 0.297. The largest absolute Gasteiger partial charge is 0.336 e. The van der Waals surface area contributed by atoms with Crippen molar-refractivity contribution in [3.63, 3.8) is 0 Å². The van der Waals surface area contributed by atoms with Gasteiger partial charge in [-0.3, -0.25) is 0 Å². The number of hydrogen-bond donors (Lipinski definition) is 1. The molecular weight excluding hydrogens is 104 g/mol. The first-order valence-electron chi connectivity index (χ1n) is 2.62. The standard InChI is InChI=1S/C5H11N2O/c1-4(2)3-7-5(6)8/h4,6H,3H2,1-2H3,(H,7,8). The third-order valence-corrected chi connectivity index (χ3v) is 0.671. The van der Waals surface area contributed by atoms with E-state index >= 15 is 0 Å². The molecule has 0 atom stereocenters. The van der Waals surface area contributed by atoms with Crippen LogP contribution >= 0.6 is 0 Å². The van der Waals surface area contributed by atoms with Gasteiger partial charge in [0.2, 0.25) is 0 Å². The fourth-order valence-electron chi connectivity index (χ4n) is 0.297. The van der Waals surface area contributed by atoms with E-state index in [2.05, 4.69) is 5.32 Å². The lowest BCUT2D eigenvalue weighted by Crippen LogP contribution is -2.26. The first kappa shape index (κ1) is 7.27. The summed E-state index contributed by atoms with van der Waals surface area (Å²) in [5, 5.41) is 2.37. The number of rotatable bonds is 2. The molecule has 2 amide bonds. The summed E-state index contributed by atoms with van der Waals surface area (Å²) in [6.07, 6.45) is 0. The van der Waals surface area contributed by atoms with Gasteiger partial charge in [0.25, 0.3) is 0 Å². The van der Waals surface area contributed by atoms with Crippen molar-refractivity contribution >= 4 is 6.03 Å². The highest BCUT2D eigenvalue weighted by molar-refractivity contribution is 5.70. The quantitative estimate of drug-likeness (QED) is 0.564. The van der Waals surface area contributed by atoms with Crippen molar-refractivity contribution < 1.29 is 4.79 Å². The minimum Gasteiger partial charge on any atom is -0.336 e. The van der Waals surface area contributed by atoms with E-state index in [9.17, 15) is 4.79 Å². The Kier molecular flexibility index (Phi) is 2.99. The van der Waals surface area contributed by atoms with E-state index in [1.165, 1.54) is 0 Å². The summed E-state index contributed by atoms with van der Waals surface area (Å²) in [7, 11) is 0. The molecule has 1 radical (unpaired) electrons. The SMILES string of the molecule is CC(C)CNC([NH])=O. The normalized spacial score (nSPS) is 9.38. The van der Waals surface area contributed by atoms with Crippen molar-refractivity contribution in [2.75, 3.05) is 6.54 Å². The van der Waals surface area contributed by atoms with Crippen LogP contribution in [0.15, 0.2) is 0 Å². The molecule has 0 aliphatic heterocycles. The van der Waals surface area contributed by atoms with Gasteiger partial charge in [-0.1, -0.05) is 13.8 Å². The number of carbonyl (C=O) groups is 1. The lowest BCUT2D eigenvalue weighted by molar-refractivity contribution is 0.246. The predicted octanol–water partition coefficient (Wildman–Crippen LogP) is 0.635. The minimum atomic E-state index is -0.696. The fraction of sp³-hybridized carbons (Fsp3) is 0.800. The molecule has 0 saturated heterocycles. The summed E-state index contributed by atoms with van der Waals surface area (Å²) in [5.41, 5.74) is 6.42. The summed E-state index contributed by atoms with van der Waals surface area (Å²) in [4.78, 5) is 9.90. The smallest absolute Gasteiger partial charge is 0.333 e. The van der Waals surface area contributed by atoms with Crippen LogP contribution in [-0.2, 0) is 0 Å². The molecule has 0 heterocycles. The zero-order valence-corrected chi connectivity index (χ0v) is 5.19. The van der Waals surface area contributed by atoms with E-state index in [0.29, 0.717) is 12.5 Å². The molecule has 0 saturated carbocycles. The second-order valence-corrected chi connectivity index (χ2v) is 2.10. The van der Waals surface area contributed by atoms with Gasteiger partial charge in [-0.25, -0.2) is 10.5 Å². The zero-order valence-electron chi connectivity index (χ0n) is 5.19. The highest BCUT2D eigenvalue weighted by Crippen LogP contribution is 1.85. The van der Waals surface area contributed by atoms with Crippen LogP contribution in [0.3, 0.4) is 0 Å². The molecule has 47 valence electrons. The summed E-state index contributed by atoms with van der Waals surface area (Å²) < 4.78 is 0. The Labute approximate surface area is 49.3 Å². The van der Waals surface area contributed by atoms with Crippen LogP contribution in [0.1, 0.15) is 13.8 Å². The number of amides is 2.